The molecule has 0 aromatic carbocycles. The van der Waals surface area contributed by atoms with E-state index in [2.05, 4.69) is 44.2 Å². The fraction of sp³-hybridized carbons (Fsp3) is 0.625. The van der Waals surface area contributed by atoms with Crippen LogP contribution in [-0.2, 0) is 0 Å². The molecule has 0 aromatic rings. The lowest BCUT2D eigenvalue weighted by atomic mass is 9.73. The fourth-order valence-corrected chi connectivity index (χ4v) is 2.80. The molecule has 3 atom stereocenters. The van der Waals surface area contributed by atoms with Gasteiger partial charge in [0.2, 0.25) is 0 Å². The highest BCUT2D eigenvalue weighted by atomic mass is 16.3. The largest absolute Gasteiger partial charge is 0.389 e. The predicted octanol–water partition coefficient (Wildman–Crippen LogP) is 4.01. The molecule has 0 fully saturated rings. The zero-order chi connectivity index (χ0) is 12.4. The number of hydrogen-bond donors (Lipinski definition) is 1. The molecule has 0 bridgehead atoms. The van der Waals surface area contributed by atoms with Crippen molar-refractivity contribution in [3.05, 3.63) is 36.5 Å². The van der Waals surface area contributed by atoms with E-state index in [-0.39, 0.29) is 11.5 Å². The molecule has 0 radical (unpaired) electrons. The predicted molar refractivity (Wildman–Crippen MR) is 72.7 cm³/mol. The highest BCUT2D eigenvalue weighted by Gasteiger charge is 2.28. The Balaban J connectivity index is 2.04. The van der Waals surface area contributed by atoms with Gasteiger partial charge in [0.05, 0.1) is 6.10 Å². The van der Waals surface area contributed by atoms with Crippen molar-refractivity contribution in [3.8, 4) is 0 Å². The van der Waals surface area contributed by atoms with Gasteiger partial charge in [-0.2, -0.15) is 0 Å². The van der Waals surface area contributed by atoms with Crippen molar-refractivity contribution < 1.29 is 5.11 Å². The summed E-state index contributed by atoms with van der Waals surface area (Å²) in [6.45, 7) is 4.59. The van der Waals surface area contributed by atoms with Crippen LogP contribution in [0, 0.1) is 10.8 Å². The van der Waals surface area contributed by atoms with Crippen LogP contribution in [0.1, 0.15) is 46.0 Å². The summed E-state index contributed by atoms with van der Waals surface area (Å²) in [6, 6.07) is 0. The van der Waals surface area contributed by atoms with Crippen LogP contribution in [0.25, 0.3) is 0 Å². The van der Waals surface area contributed by atoms with Gasteiger partial charge in [0.25, 0.3) is 0 Å². The first-order chi connectivity index (χ1) is 8.02. The third kappa shape index (κ3) is 3.32. The van der Waals surface area contributed by atoms with Crippen molar-refractivity contribution in [3.63, 3.8) is 0 Å². The van der Waals surface area contributed by atoms with Gasteiger partial charge in [-0.05, 0) is 42.9 Å². The van der Waals surface area contributed by atoms with Gasteiger partial charge in [0.1, 0.15) is 0 Å². The molecule has 1 heteroatoms. The second-order valence-corrected chi connectivity index (χ2v) is 6.26. The summed E-state index contributed by atoms with van der Waals surface area (Å²) < 4.78 is 0. The zero-order valence-electron chi connectivity index (χ0n) is 11.0. The van der Waals surface area contributed by atoms with Gasteiger partial charge >= 0.3 is 0 Å². The highest BCUT2D eigenvalue weighted by molar-refractivity contribution is 5.14. The van der Waals surface area contributed by atoms with E-state index in [9.17, 15) is 5.11 Å². The molecule has 0 aromatic heterocycles. The molecule has 0 heterocycles. The SMILES string of the molecule is CC1(/C=C/C2(C)CC=CC(O)C2)CC=CCC1. The van der Waals surface area contributed by atoms with Crippen molar-refractivity contribution in [2.45, 2.75) is 52.1 Å². The molecular formula is C16H24O. The van der Waals surface area contributed by atoms with Gasteiger partial charge in [0, 0.05) is 0 Å². The summed E-state index contributed by atoms with van der Waals surface area (Å²) in [4.78, 5) is 0. The van der Waals surface area contributed by atoms with E-state index >= 15 is 0 Å². The minimum Gasteiger partial charge on any atom is -0.389 e. The van der Waals surface area contributed by atoms with Gasteiger partial charge in [-0.25, -0.2) is 0 Å². The van der Waals surface area contributed by atoms with Gasteiger partial charge in [-0.3, -0.25) is 0 Å². The first kappa shape index (κ1) is 12.6. The molecule has 0 aliphatic heterocycles. The third-order valence-electron chi connectivity index (χ3n) is 4.14. The second kappa shape index (κ2) is 4.81. The maximum atomic E-state index is 9.71. The van der Waals surface area contributed by atoms with E-state index in [0.717, 1.165) is 19.3 Å². The van der Waals surface area contributed by atoms with Gasteiger partial charge in [0.15, 0.2) is 0 Å². The summed E-state index contributed by atoms with van der Waals surface area (Å²) in [5.41, 5.74) is 0.461. The Labute approximate surface area is 105 Å². The third-order valence-corrected chi connectivity index (χ3v) is 4.14. The Bertz CT molecular complexity index is 353. The topological polar surface area (TPSA) is 20.2 Å². The van der Waals surface area contributed by atoms with Crippen LogP contribution in [0.3, 0.4) is 0 Å². The van der Waals surface area contributed by atoms with E-state index in [4.69, 9.17) is 0 Å². The van der Waals surface area contributed by atoms with Crippen LogP contribution in [-0.4, -0.2) is 11.2 Å². The standard InChI is InChI=1S/C16H24O/c1-15(8-4-3-5-9-15)11-12-16(2)10-6-7-14(17)13-16/h3-4,6-7,11-12,14,17H,5,8-10,13H2,1-2H3/b12-11+. The number of allylic oxidation sites excluding steroid dienone is 5. The molecule has 2 aliphatic rings. The number of aliphatic hydroxyl groups excluding tert-OH is 1. The molecule has 2 aliphatic carbocycles. The Kier molecular flexibility index (Phi) is 3.58. The number of hydrogen-bond acceptors (Lipinski definition) is 1. The smallest absolute Gasteiger partial charge is 0.0729 e. The molecule has 94 valence electrons. The molecule has 1 N–H and O–H groups in total. The number of rotatable bonds is 2. The summed E-state index contributed by atoms with van der Waals surface area (Å²) >= 11 is 0. The minimum atomic E-state index is -0.266. The lowest BCUT2D eigenvalue weighted by Gasteiger charge is -2.33. The Hall–Kier alpha value is -0.820. The summed E-state index contributed by atoms with van der Waals surface area (Å²) in [5, 5.41) is 9.71. The monoisotopic (exact) mass is 232 g/mol. The van der Waals surface area contributed by atoms with Gasteiger partial charge < -0.3 is 5.11 Å². The average Bonchev–Trinajstić information content (AvgIpc) is 2.28. The van der Waals surface area contributed by atoms with Crippen molar-refractivity contribution >= 4 is 0 Å². The molecular weight excluding hydrogens is 208 g/mol. The molecule has 0 saturated heterocycles. The molecule has 2 rings (SSSR count). The van der Waals surface area contributed by atoms with Crippen LogP contribution < -0.4 is 0 Å². The van der Waals surface area contributed by atoms with E-state index in [0.29, 0.717) is 5.41 Å². The summed E-state index contributed by atoms with van der Waals surface area (Å²) in [7, 11) is 0. The van der Waals surface area contributed by atoms with Crippen LogP contribution >= 0.6 is 0 Å². The van der Waals surface area contributed by atoms with Crippen molar-refractivity contribution in [2.75, 3.05) is 0 Å². The fourth-order valence-electron chi connectivity index (χ4n) is 2.80. The lowest BCUT2D eigenvalue weighted by Crippen LogP contribution is -2.24. The zero-order valence-corrected chi connectivity index (χ0v) is 11.0. The minimum absolute atomic E-state index is 0.137. The van der Waals surface area contributed by atoms with Gasteiger partial charge in [-0.1, -0.05) is 50.3 Å². The van der Waals surface area contributed by atoms with E-state index < -0.39 is 0 Å². The van der Waals surface area contributed by atoms with E-state index in [1.165, 1.54) is 12.8 Å². The normalized spacial score (nSPS) is 42.2. The molecule has 0 saturated carbocycles. The molecule has 0 amide bonds. The average molecular weight is 232 g/mol. The lowest BCUT2D eigenvalue weighted by molar-refractivity contribution is 0.156. The summed E-state index contributed by atoms with van der Waals surface area (Å²) in [6.07, 6.45) is 18.6. The van der Waals surface area contributed by atoms with Crippen LogP contribution in [0.15, 0.2) is 36.5 Å². The Morgan fingerprint density at radius 3 is 2.41 bits per heavy atom. The van der Waals surface area contributed by atoms with Gasteiger partial charge in [-0.15, -0.1) is 0 Å². The summed E-state index contributed by atoms with van der Waals surface area (Å²) in [5.74, 6) is 0. The second-order valence-electron chi connectivity index (χ2n) is 6.26. The first-order valence-corrected chi connectivity index (χ1v) is 6.72. The first-order valence-electron chi connectivity index (χ1n) is 6.72. The molecule has 1 nitrogen and oxygen atoms in total. The molecule has 17 heavy (non-hydrogen) atoms. The Morgan fingerprint density at radius 1 is 1.06 bits per heavy atom. The maximum Gasteiger partial charge on any atom is 0.0729 e. The molecule has 3 unspecified atom stereocenters. The number of aliphatic hydroxyl groups is 1. The molecule has 0 spiro atoms. The van der Waals surface area contributed by atoms with Crippen LogP contribution in [0.5, 0.6) is 0 Å². The quantitative estimate of drug-likeness (QED) is 0.713. The van der Waals surface area contributed by atoms with Crippen LogP contribution in [0.2, 0.25) is 0 Å². The van der Waals surface area contributed by atoms with Crippen molar-refractivity contribution in [2.24, 2.45) is 10.8 Å². The maximum absolute atomic E-state index is 9.71. The van der Waals surface area contributed by atoms with Crippen LogP contribution in [0.4, 0.5) is 0 Å². The van der Waals surface area contributed by atoms with E-state index in [1.807, 2.05) is 6.08 Å². The van der Waals surface area contributed by atoms with Crippen molar-refractivity contribution in [1.29, 1.82) is 0 Å². The van der Waals surface area contributed by atoms with Crippen molar-refractivity contribution in [1.82, 2.24) is 0 Å². The van der Waals surface area contributed by atoms with E-state index in [1.54, 1.807) is 0 Å². The Morgan fingerprint density at radius 2 is 1.76 bits per heavy atom. The highest BCUT2D eigenvalue weighted by Crippen LogP contribution is 2.38.